The molecule has 4 nitrogen and oxygen atoms in total. The third-order valence-corrected chi connectivity index (χ3v) is 4.26. The van der Waals surface area contributed by atoms with E-state index in [9.17, 15) is 13.5 Å². The molecule has 2 N–H and O–H groups in total. The fraction of sp³-hybridized carbons (Fsp3) is 0.250. The molecule has 2 aromatic rings. The molecule has 0 spiro atoms. The number of hydrogen-bond donors (Lipinski definition) is 2. The second-order valence-electron chi connectivity index (χ2n) is 5.22. The van der Waals surface area contributed by atoms with E-state index in [0.717, 1.165) is 17.7 Å². The largest absolute Gasteiger partial charge is 0.508 e. The minimum Gasteiger partial charge on any atom is -0.508 e. The van der Waals surface area contributed by atoms with E-state index in [0.29, 0.717) is 4.90 Å². The Hall–Kier alpha value is -2.01. The first-order chi connectivity index (χ1) is 9.84. The zero-order valence-corrected chi connectivity index (χ0v) is 12.9. The van der Waals surface area contributed by atoms with E-state index in [1.165, 1.54) is 6.26 Å². The summed E-state index contributed by atoms with van der Waals surface area (Å²) in [5, 5.41) is 12.6. The molecular weight excluding hydrogens is 286 g/mol. The lowest BCUT2D eigenvalue weighted by atomic mass is 10.1. The average molecular weight is 305 g/mol. The molecule has 0 aliphatic carbocycles. The normalized spacial score (nSPS) is 12.9. The molecule has 0 bridgehead atoms. The molecule has 2 aromatic carbocycles. The Labute approximate surface area is 125 Å². The molecule has 0 amide bonds. The van der Waals surface area contributed by atoms with Gasteiger partial charge in [-0.15, -0.1) is 0 Å². The third kappa shape index (κ3) is 4.49. The van der Waals surface area contributed by atoms with Crippen LogP contribution in [0.5, 0.6) is 5.75 Å². The molecule has 112 valence electrons. The molecule has 0 fully saturated rings. The van der Waals surface area contributed by atoms with Gasteiger partial charge in [0.05, 0.1) is 4.90 Å². The molecule has 21 heavy (non-hydrogen) atoms. The first kappa shape index (κ1) is 15.4. The summed E-state index contributed by atoms with van der Waals surface area (Å²) in [7, 11) is -3.19. The van der Waals surface area contributed by atoms with Gasteiger partial charge in [0.1, 0.15) is 5.75 Å². The Kier molecular flexibility index (Phi) is 4.53. The van der Waals surface area contributed by atoms with Crippen molar-refractivity contribution in [2.24, 2.45) is 0 Å². The Morgan fingerprint density at radius 3 is 2.43 bits per heavy atom. The lowest BCUT2D eigenvalue weighted by Gasteiger charge is -2.16. The van der Waals surface area contributed by atoms with Crippen molar-refractivity contribution in [2.45, 2.75) is 24.3 Å². The molecule has 5 heteroatoms. The van der Waals surface area contributed by atoms with Crippen LogP contribution in [0.15, 0.2) is 53.4 Å². The van der Waals surface area contributed by atoms with Crippen molar-refractivity contribution in [3.8, 4) is 5.75 Å². The summed E-state index contributed by atoms with van der Waals surface area (Å²) < 4.78 is 23.1. The first-order valence-corrected chi connectivity index (χ1v) is 8.58. The Morgan fingerprint density at radius 1 is 1.14 bits per heavy atom. The number of sulfone groups is 1. The number of hydrogen-bond acceptors (Lipinski definition) is 4. The summed E-state index contributed by atoms with van der Waals surface area (Å²) in [5.74, 6) is 0.250. The summed E-state index contributed by atoms with van der Waals surface area (Å²) in [6.07, 6.45) is 1.98. The monoisotopic (exact) mass is 305 g/mol. The van der Waals surface area contributed by atoms with Gasteiger partial charge in [-0.3, -0.25) is 0 Å². The van der Waals surface area contributed by atoms with Gasteiger partial charge in [0.15, 0.2) is 9.84 Å². The predicted octanol–water partition coefficient (Wildman–Crippen LogP) is 2.84. The molecule has 1 atom stereocenters. The van der Waals surface area contributed by atoms with E-state index in [4.69, 9.17) is 0 Å². The van der Waals surface area contributed by atoms with Crippen molar-refractivity contribution in [1.82, 2.24) is 0 Å². The van der Waals surface area contributed by atoms with Gasteiger partial charge in [0.25, 0.3) is 0 Å². The van der Waals surface area contributed by atoms with Crippen LogP contribution in [0.1, 0.15) is 12.5 Å². The summed E-state index contributed by atoms with van der Waals surface area (Å²) in [6, 6.07) is 14.0. The van der Waals surface area contributed by atoms with Gasteiger partial charge in [0.2, 0.25) is 0 Å². The quantitative estimate of drug-likeness (QED) is 0.891. The molecule has 0 aliphatic rings. The third-order valence-electron chi connectivity index (χ3n) is 3.15. The Bertz CT molecular complexity index is 709. The van der Waals surface area contributed by atoms with E-state index < -0.39 is 9.84 Å². The zero-order valence-electron chi connectivity index (χ0n) is 12.1. The molecule has 0 aliphatic heterocycles. The van der Waals surface area contributed by atoms with E-state index in [1.807, 2.05) is 25.1 Å². The molecular formula is C16H19NO3S. The van der Waals surface area contributed by atoms with Gasteiger partial charge in [0, 0.05) is 18.0 Å². The van der Waals surface area contributed by atoms with Crippen LogP contribution in [0, 0.1) is 0 Å². The summed E-state index contributed by atoms with van der Waals surface area (Å²) in [5.41, 5.74) is 1.89. The standard InChI is InChI=1S/C16H19NO3S/c1-12(10-13-6-8-15(18)9-7-13)17-14-4-3-5-16(11-14)21(2,19)20/h3-9,11-12,17-18H,10H2,1-2H3. The maximum absolute atomic E-state index is 11.5. The van der Waals surface area contributed by atoms with Crippen LogP contribution in [-0.2, 0) is 16.3 Å². The van der Waals surface area contributed by atoms with E-state index in [1.54, 1.807) is 30.3 Å². The minimum absolute atomic E-state index is 0.143. The van der Waals surface area contributed by atoms with Crippen molar-refractivity contribution in [3.63, 3.8) is 0 Å². The van der Waals surface area contributed by atoms with Crippen LogP contribution in [0.4, 0.5) is 5.69 Å². The van der Waals surface area contributed by atoms with Crippen LogP contribution >= 0.6 is 0 Å². The minimum atomic E-state index is -3.19. The molecule has 1 unspecified atom stereocenters. The highest BCUT2D eigenvalue weighted by atomic mass is 32.2. The van der Waals surface area contributed by atoms with Crippen LogP contribution in [0.3, 0.4) is 0 Å². The van der Waals surface area contributed by atoms with Gasteiger partial charge in [-0.2, -0.15) is 0 Å². The van der Waals surface area contributed by atoms with Gasteiger partial charge in [-0.1, -0.05) is 18.2 Å². The Balaban J connectivity index is 2.06. The van der Waals surface area contributed by atoms with Crippen molar-refractivity contribution in [2.75, 3.05) is 11.6 Å². The number of phenols is 1. The van der Waals surface area contributed by atoms with Crippen LogP contribution in [-0.4, -0.2) is 25.8 Å². The molecule has 0 saturated carbocycles. The van der Waals surface area contributed by atoms with Gasteiger partial charge in [-0.05, 0) is 49.2 Å². The maximum atomic E-state index is 11.5. The topological polar surface area (TPSA) is 66.4 Å². The van der Waals surface area contributed by atoms with Crippen LogP contribution in [0.25, 0.3) is 0 Å². The number of aromatic hydroxyl groups is 1. The van der Waals surface area contributed by atoms with Gasteiger partial charge >= 0.3 is 0 Å². The molecule has 0 aromatic heterocycles. The van der Waals surface area contributed by atoms with Crippen molar-refractivity contribution in [3.05, 3.63) is 54.1 Å². The van der Waals surface area contributed by atoms with E-state index in [-0.39, 0.29) is 11.8 Å². The van der Waals surface area contributed by atoms with Gasteiger partial charge < -0.3 is 10.4 Å². The number of anilines is 1. The molecule has 2 rings (SSSR count). The van der Waals surface area contributed by atoms with Crippen LogP contribution < -0.4 is 5.32 Å². The zero-order chi connectivity index (χ0) is 15.5. The highest BCUT2D eigenvalue weighted by Crippen LogP contribution is 2.17. The van der Waals surface area contributed by atoms with Crippen molar-refractivity contribution < 1.29 is 13.5 Å². The van der Waals surface area contributed by atoms with E-state index in [2.05, 4.69) is 5.32 Å². The highest BCUT2D eigenvalue weighted by molar-refractivity contribution is 7.90. The molecule has 0 radical (unpaired) electrons. The summed E-state index contributed by atoms with van der Waals surface area (Å²) in [4.78, 5) is 0.310. The second-order valence-corrected chi connectivity index (χ2v) is 7.23. The van der Waals surface area contributed by atoms with E-state index >= 15 is 0 Å². The average Bonchev–Trinajstić information content (AvgIpc) is 2.41. The smallest absolute Gasteiger partial charge is 0.175 e. The summed E-state index contributed by atoms with van der Waals surface area (Å²) in [6.45, 7) is 2.03. The summed E-state index contributed by atoms with van der Waals surface area (Å²) >= 11 is 0. The fourth-order valence-electron chi connectivity index (χ4n) is 2.14. The van der Waals surface area contributed by atoms with Crippen molar-refractivity contribution >= 4 is 15.5 Å². The highest BCUT2D eigenvalue weighted by Gasteiger charge is 2.09. The number of rotatable bonds is 5. The van der Waals surface area contributed by atoms with Crippen molar-refractivity contribution in [1.29, 1.82) is 0 Å². The fourth-order valence-corrected chi connectivity index (χ4v) is 2.80. The lowest BCUT2D eigenvalue weighted by molar-refractivity contribution is 0.475. The van der Waals surface area contributed by atoms with Crippen LogP contribution in [0.2, 0.25) is 0 Å². The maximum Gasteiger partial charge on any atom is 0.175 e. The number of nitrogens with one attached hydrogen (secondary N) is 1. The number of benzene rings is 2. The molecule has 0 heterocycles. The molecule has 0 saturated heterocycles. The predicted molar refractivity (Wildman–Crippen MR) is 84.4 cm³/mol. The Morgan fingerprint density at radius 2 is 1.81 bits per heavy atom. The first-order valence-electron chi connectivity index (χ1n) is 6.69. The number of phenolic OH excluding ortho intramolecular Hbond substituents is 1. The van der Waals surface area contributed by atoms with Gasteiger partial charge in [-0.25, -0.2) is 8.42 Å². The lowest BCUT2D eigenvalue weighted by Crippen LogP contribution is -2.18. The SMILES string of the molecule is CC(Cc1ccc(O)cc1)Nc1cccc(S(C)(=O)=O)c1. The second kappa shape index (κ2) is 6.18.